The van der Waals surface area contributed by atoms with Crippen LogP contribution in [0.2, 0.25) is 0 Å². The Morgan fingerprint density at radius 1 is 1.46 bits per heavy atom. The van der Waals surface area contributed by atoms with Gasteiger partial charge in [0, 0.05) is 12.6 Å². The van der Waals surface area contributed by atoms with E-state index in [0.29, 0.717) is 12.3 Å². The van der Waals surface area contributed by atoms with Gasteiger partial charge in [-0.25, -0.2) is 4.79 Å². The van der Waals surface area contributed by atoms with E-state index in [9.17, 15) is 9.90 Å². The number of urea groups is 1. The molecule has 6 nitrogen and oxygen atoms in total. The number of hydrogen-bond acceptors (Lipinski definition) is 4. The fourth-order valence-corrected chi connectivity index (χ4v) is 2.65. The second-order valence-corrected chi connectivity index (χ2v) is 6.05. The molecule has 1 aliphatic carbocycles. The van der Waals surface area contributed by atoms with Crippen molar-refractivity contribution >= 4 is 6.03 Å². The van der Waals surface area contributed by atoms with Crippen LogP contribution in [0.3, 0.4) is 0 Å². The van der Waals surface area contributed by atoms with Gasteiger partial charge in [0.25, 0.3) is 0 Å². The summed E-state index contributed by atoms with van der Waals surface area (Å²) in [6, 6.07) is 8.74. The van der Waals surface area contributed by atoms with E-state index in [-0.39, 0.29) is 23.9 Å². The first-order valence-electron chi connectivity index (χ1n) is 8.05. The largest absolute Gasteiger partial charge is 0.504 e. The van der Waals surface area contributed by atoms with Crippen LogP contribution < -0.4 is 10.1 Å². The third kappa shape index (κ3) is 3.64. The lowest BCUT2D eigenvalue weighted by Gasteiger charge is -2.25. The Bertz CT molecular complexity index is 695. The van der Waals surface area contributed by atoms with Gasteiger partial charge in [-0.1, -0.05) is 6.07 Å². The van der Waals surface area contributed by atoms with Crippen LogP contribution >= 0.6 is 0 Å². The maximum Gasteiger partial charge on any atom is 0.318 e. The number of furan rings is 1. The van der Waals surface area contributed by atoms with Gasteiger partial charge in [0.1, 0.15) is 5.76 Å². The summed E-state index contributed by atoms with van der Waals surface area (Å²) in [6.45, 7) is 2.36. The van der Waals surface area contributed by atoms with Crippen molar-refractivity contribution in [1.82, 2.24) is 10.2 Å². The molecule has 3 rings (SSSR count). The molecule has 0 aliphatic heterocycles. The highest BCUT2D eigenvalue weighted by molar-refractivity contribution is 5.75. The van der Waals surface area contributed by atoms with E-state index >= 15 is 0 Å². The summed E-state index contributed by atoms with van der Waals surface area (Å²) in [4.78, 5) is 14.5. The topological polar surface area (TPSA) is 74.9 Å². The maximum absolute atomic E-state index is 12.6. The number of rotatable bonds is 6. The first-order valence-corrected chi connectivity index (χ1v) is 8.05. The molecule has 1 aromatic heterocycles. The zero-order valence-electron chi connectivity index (χ0n) is 13.9. The van der Waals surface area contributed by atoms with Gasteiger partial charge in [0.05, 0.1) is 19.4 Å². The molecule has 2 amide bonds. The summed E-state index contributed by atoms with van der Waals surface area (Å²) in [5, 5.41) is 12.7. The molecule has 2 N–H and O–H groups in total. The second-order valence-electron chi connectivity index (χ2n) is 6.05. The molecule has 0 radical (unpaired) electrons. The third-order valence-electron chi connectivity index (χ3n) is 4.16. The monoisotopic (exact) mass is 330 g/mol. The van der Waals surface area contributed by atoms with Gasteiger partial charge in [0.15, 0.2) is 11.5 Å². The molecular weight excluding hydrogens is 308 g/mol. The first kappa shape index (κ1) is 16.2. The van der Waals surface area contributed by atoms with Crippen LogP contribution in [0.25, 0.3) is 0 Å². The molecule has 2 aromatic rings. The lowest BCUT2D eigenvalue weighted by molar-refractivity contribution is 0.187. The molecule has 24 heavy (non-hydrogen) atoms. The maximum atomic E-state index is 12.6. The van der Waals surface area contributed by atoms with Crippen molar-refractivity contribution in [2.24, 2.45) is 0 Å². The zero-order chi connectivity index (χ0) is 17.1. The second kappa shape index (κ2) is 6.86. The number of carbonyl (C=O) groups excluding carboxylic acids is 1. The number of methoxy groups -OCH3 is 1. The molecule has 1 unspecified atom stereocenters. The Balaban J connectivity index is 1.69. The predicted octanol–water partition coefficient (Wildman–Crippen LogP) is 3.43. The Labute approximate surface area is 141 Å². The van der Waals surface area contributed by atoms with Gasteiger partial charge in [-0.15, -0.1) is 0 Å². The van der Waals surface area contributed by atoms with Crippen molar-refractivity contribution in [2.45, 2.75) is 38.4 Å². The summed E-state index contributed by atoms with van der Waals surface area (Å²) >= 11 is 0. The number of nitrogens with one attached hydrogen (secondary N) is 1. The van der Waals surface area contributed by atoms with E-state index in [1.54, 1.807) is 30.5 Å². The molecule has 0 spiro atoms. The lowest BCUT2D eigenvalue weighted by Crippen LogP contribution is -2.41. The van der Waals surface area contributed by atoms with Crippen LogP contribution in [0.1, 0.15) is 37.1 Å². The minimum absolute atomic E-state index is 0.0927. The Morgan fingerprint density at radius 2 is 2.25 bits per heavy atom. The van der Waals surface area contributed by atoms with Gasteiger partial charge in [-0.05, 0) is 49.6 Å². The van der Waals surface area contributed by atoms with Crippen molar-refractivity contribution in [3.8, 4) is 11.5 Å². The van der Waals surface area contributed by atoms with Crippen molar-refractivity contribution in [1.29, 1.82) is 0 Å². The van der Waals surface area contributed by atoms with Crippen molar-refractivity contribution in [2.75, 3.05) is 7.11 Å². The molecule has 1 aliphatic rings. The normalized spacial score (nSPS) is 14.9. The van der Waals surface area contributed by atoms with Crippen LogP contribution in [0.4, 0.5) is 4.79 Å². The van der Waals surface area contributed by atoms with Crippen LogP contribution in [0.15, 0.2) is 41.0 Å². The predicted molar refractivity (Wildman–Crippen MR) is 88.9 cm³/mol. The van der Waals surface area contributed by atoms with Gasteiger partial charge in [-0.3, -0.25) is 0 Å². The minimum Gasteiger partial charge on any atom is -0.504 e. The number of benzene rings is 1. The number of aromatic hydroxyl groups is 1. The number of phenolic OH excluding ortho intramolecular Hbond substituents is 1. The number of amides is 2. The Hall–Kier alpha value is -2.63. The van der Waals surface area contributed by atoms with Crippen LogP contribution in [0, 0.1) is 0 Å². The Morgan fingerprint density at radius 3 is 2.88 bits per heavy atom. The molecule has 1 heterocycles. The molecule has 128 valence electrons. The average Bonchev–Trinajstić information content (AvgIpc) is 3.26. The molecule has 1 atom stereocenters. The number of carbonyl (C=O) groups is 1. The van der Waals surface area contributed by atoms with E-state index in [2.05, 4.69) is 5.32 Å². The van der Waals surface area contributed by atoms with E-state index in [1.165, 1.54) is 7.11 Å². The first-order chi connectivity index (χ1) is 11.6. The molecule has 0 bridgehead atoms. The fraction of sp³-hybridized carbons (Fsp3) is 0.389. The van der Waals surface area contributed by atoms with Crippen LogP contribution in [-0.2, 0) is 6.54 Å². The van der Waals surface area contributed by atoms with Crippen molar-refractivity contribution < 1.29 is 19.1 Å². The average molecular weight is 330 g/mol. The zero-order valence-corrected chi connectivity index (χ0v) is 13.9. The van der Waals surface area contributed by atoms with E-state index in [0.717, 1.165) is 24.2 Å². The highest BCUT2D eigenvalue weighted by atomic mass is 16.5. The minimum atomic E-state index is -0.192. The summed E-state index contributed by atoms with van der Waals surface area (Å²) in [7, 11) is 1.51. The van der Waals surface area contributed by atoms with Crippen molar-refractivity contribution in [3.63, 3.8) is 0 Å². The van der Waals surface area contributed by atoms with Gasteiger partial charge >= 0.3 is 6.03 Å². The standard InChI is InChI=1S/C18H22N2O4/c1-12(16-4-3-9-24-16)19-18(22)20(14-6-7-14)11-13-5-8-15(21)17(10-13)23-2/h3-5,8-10,12,14,21H,6-7,11H2,1-2H3,(H,19,22). The summed E-state index contributed by atoms with van der Waals surface area (Å²) < 4.78 is 10.5. The quantitative estimate of drug-likeness (QED) is 0.851. The molecule has 1 fully saturated rings. The van der Waals surface area contributed by atoms with E-state index < -0.39 is 0 Å². The van der Waals surface area contributed by atoms with E-state index in [1.807, 2.05) is 17.9 Å². The molecule has 1 aromatic carbocycles. The van der Waals surface area contributed by atoms with Crippen LogP contribution in [-0.4, -0.2) is 29.2 Å². The SMILES string of the molecule is COc1cc(CN(C(=O)NC(C)c2ccco2)C2CC2)ccc1O. The molecule has 1 saturated carbocycles. The lowest BCUT2D eigenvalue weighted by atomic mass is 10.2. The summed E-state index contributed by atoms with van der Waals surface area (Å²) in [5.74, 6) is 1.23. The molecular formula is C18H22N2O4. The third-order valence-corrected chi connectivity index (χ3v) is 4.16. The van der Waals surface area contributed by atoms with Gasteiger partial charge < -0.3 is 24.5 Å². The smallest absolute Gasteiger partial charge is 0.318 e. The van der Waals surface area contributed by atoms with Crippen LogP contribution in [0.5, 0.6) is 11.5 Å². The fourth-order valence-electron chi connectivity index (χ4n) is 2.65. The summed E-state index contributed by atoms with van der Waals surface area (Å²) in [5.41, 5.74) is 0.914. The van der Waals surface area contributed by atoms with Gasteiger partial charge in [0.2, 0.25) is 0 Å². The highest BCUT2D eigenvalue weighted by Crippen LogP contribution is 2.31. The van der Waals surface area contributed by atoms with Crippen molar-refractivity contribution in [3.05, 3.63) is 47.9 Å². The molecule has 0 saturated heterocycles. The van der Waals surface area contributed by atoms with E-state index in [4.69, 9.17) is 9.15 Å². The summed E-state index contributed by atoms with van der Waals surface area (Å²) in [6.07, 6.45) is 3.62. The van der Waals surface area contributed by atoms with Gasteiger partial charge in [-0.2, -0.15) is 0 Å². The number of nitrogens with zero attached hydrogens (tertiary/aromatic N) is 1. The highest BCUT2D eigenvalue weighted by Gasteiger charge is 2.33. The number of hydrogen-bond donors (Lipinski definition) is 2. The number of ether oxygens (including phenoxy) is 1. The number of phenols is 1. The molecule has 6 heteroatoms. The Kier molecular flexibility index (Phi) is 4.64.